The Balaban J connectivity index is 1.71. The number of aromatic nitrogens is 2. The van der Waals surface area contributed by atoms with Crippen LogP contribution in [-0.2, 0) is 16.2 Å². The van der Waals surface area contributed by atoms with Crippen molar-refractivity contribution in [3.63, 3.8) is 0 Å². The minimum Gasteiger partial charge on any atom is -0.485 e. The van der Waals surface area contributed by atoms with Crippen LogP contribution in [0, 0.1) is 6.92 Å². The van der Waals surface area contributed by atoms with Gasteiger partial charge >= 0.3 is 0 Å². The number of anilines is 1. The van der Waals surface area contributed by atoms with Crippen LogP contribution in [0.15, 0.2) is 35.1 Å². The molecule has 0 unspecified atom stereocenters. The number of fused-ring (bicyclic) bond motifs is 1. The largest absolute Gasteiger partial charge is 0.485 e. The first-order chi connectivity index (χ1) is 16.2. The molecule has 0 aliphatic carbocycles. The Labute approximate surface area is 217 Å². The van der Waals surface area contributed by atoms with Crippen molar-refractivity contribution < 1.29 is 14.3 Å². The van der Waals surface area contributed by atoms with Crippen molar-refractivity contribution in [1.29, 1.82) is 0 Å². The van der Waals surface area contributed by atoms with E-state index in [1.165, 1.54) is 4.90 Å². The van der Waals surface area contributed by atoms with Gasteiger partial charge in [-0.3, -0.25) is 14.0 Å². The van der Waals surface area contributed by atoms with Gasteiger partial charge in [0.2, 0.25) is 11.8 Å². The minimum absolute atomic E-state index is 0.0882. The van der Waals surface area contributed by atoms with Gasteiger partial charge in [0, 0.05) is 30.3 Å². The number of pyridine rings is 1. The fourth-order valence-electron chi connectivity index (χ4n) is 3.42. The Morgan fingerprint density at radius 2 is 2.00 bits per heavy atom. The zero-order valence-corrected chi connectivity index (χ0v) is 22.4. The summed E-state index contributed by atoms with van der Waals surface area (Å²) in [5.41, 5.74) is 2.53. The number of benzene rings is 1. The number of ether oxygens (including phenoxy) is 1. The maximum absolute atomic E-state index is 12.7. The molecule has 182 valence electrons. The maximum atomic E-state index is 12.7. The molecule has 0 fully saturated rings. The smallest absolute Gasteiger partial charge is 0.246 e. The lowest BCUT2D eigenvalue weighted by molar-refractivity contribution is -0.124. The molecule has 0 saturated carbocycles. The molecule has 10 heteroatoms. The number of carbonyl (C=O) groups excluding carboxylic acids is 2. The number of hydrogen-bond donors (Lipinski definition) is 1. The van der Waals surface area contributed by atoms with E-state index in [-0.39, 0.29) is 25.0 Å². The van der Waals surface area contributed by atoms with Crippen LogP contribution in [-0.4, -0.2) is 34.8 Å². The van der Waals surface area contributed by atoms with Crippen LogP contribution in [0.4, 0.5) is 5.69 Å². The van der Waals surface area contributed by atoms with Gasteiger partial charge in [0.25, 0.3) is 0 Å². The zero-order valence-electron chi connectivity index (χ0n) is 19.3. The Hall–Kier alpha value is -2.29. The molecule has 2 amide bonds. The topological polar surface area (TPSA) is 75.9 Å². The van der Waals surface area contributed by atoms with Gasteiger partial charge in [-0.15, -0.1) is 0 Å². The number of nitrogens with zero attached hydrogens (tertiary/aromatic N) is 3. The molecular weight excluding hydrogens is 543 g/mol. The molecule has 0 spiro atoms. The van der Waals surface area contributed by atoms with Gasteiger partial charge in [-0.2, -0.15) is 0 Å². The van der Waals surface area contributed by atoms with Gasteiger partial charge in [0.1, 0.15) is 11.2 Å². The van der Waals surface area contributed by atoms with Gasteiger partial charge < -0.3 is 15.0 Å². The monoisotopic (exact) mass is 568 g/mol. The van der Waals surface area contributed by atoms with Crippen LogP contribution < -0.4 is 15.0 Å². The molecule has 2 heterocycles. The van der Waals surface area contributed by atoms with E-state index in [1.54, 1.807) is 19.2 Å². The molecule has 0 aliphatic rings. The second-order valence-electron chi connectivity index (χ2n) is 7.89. The predicted molar refractivity (Wildman–Crippen MR) is 139 cm³/mol. The van der Waals surface area contributed by atoms with E-state index >= 15 is 0 Å². The number of aryl methyl sites for hydroxylation is 1. The van der Waals surface area contributed by atoms with Crippen LogP contribution >= 0.6 is 39.1 Å². The molecule has 1 aromatic carbocycles. The van der Waals surface area contributed by atoms with Gasteiger partial charge in [0.05, 0.1) is 22.9 Å². The quantitative estimate of drug-likeness (QED) is 0.306. The molecule has 0 atom stereocenters. The van der Waals surface area contributed by atoms with Gasteiger partial charge in [-0.05, 0) is 53.5 Å². The summed E-state index contributed by atoms with van der Waals surface area (Å²) in [5, 5.41) is 3.40. The first-order valence-corrected chi connectivity index (χ1v) is 12.6. The number of carbonyl (C=O) groups is 2. The molecule has 0 bridgehead atoms. The molecule has 0 saturated heterocycles. The average Bonchev–Trinajstić information content (AvgIpc) is 3.11. The van der Waals surface area contributed by atoms with Crippen molar-refractivity contribution in [1.82, 2.24) is 14.7 Å². The van der Waals surface area contributed by atoms with Crippen LogP contribution in [0.3, 0.4) is 0 Å². The third kappa shape index (κ3) is 6.03. The summed E-state index contributed by atoms with van der Waals surface area (Å²) in [5.74, 6) is 0.146. The SMILES string of the molecule is CCCCCC(=O)NCC(=O)N(C)c1ccc(Cl)c(COc2cccn3c(Br)c(C)nc23)c1Cl. The highest BCUT2D eigenvalue weighted by Crippen LogP contribution is 2.35. The number of rotatable bonds is 10. The van der Waals surface area contributed by atoms with Gasteiger partial charge in [-0.1, -0.05) is 43.0 Å². The third-order valence-electron chi connectivity index (χ3n) is 5.43. The number of nitrogens with one attached hydrogen (secondary N) is 1. The fourth-order valence-corrected chi connectivity index (χ4v) is 4.40. The van der Waals surface area contributed by atoms with Crippen molar-refractivity contribution in [2.75, 3.05) is 18.5 Å². The van der Waals surface area contributed by atoms with Crippen LogP contribution in [0.1, 0.15) is 43.9 Å². The number of halogens is 3. The van der Waals surface area contributed by atoms with Crippen LogP contribution in [0.2, 0.25) is 10.0 Å². The highest BCUT2D eigenvalue weighted by atomic mass is 79.9. The first kappa shape index (κ1) is 26.3. The van der Waals surface area contributed by atoms with E-state index in [1.807, 2.05) is 29.7 Å². The van der Waals surface area contributed by atoms with E-state index in [9.17, 15) is 9.59 Å². The van der Waals surface area contributed by atoms with E-state index in [0.29, 0.717) is 39.1 Å². The lowest BCUT2D eigenvalue weighted by Gasteiger charge is -2.21. The average molecular weight is 570 g/mol. The Bertz CT molecular complexity index is 1200. The van der Waals surface area contributed by atoms with E-state index in [4.69, 9.17) is 27.9 Å². The zero-order chi connectivity index (χ0) is 24.8. The van der Waals surface area contributed by atoms with E-state index in [0.717, 1.165) is 29.6 Å². The van der Waals surface area contributed by atoms with Gasteiger partial charge in [0.15, 0.2) is 11.4 Å². The highest BCUT2D eigenvalue weighted by molar-refractivity contribution is 9.10. The lowest BCUT2D eigenvalue weighted by atomic mass is 10.2. The standard InChI is InChI=1S/C24H27BrCl2N4O3/c1-4-5-6-9-20(32)28-13-21(33)30(3)18-11-10-17(26)16(22(18)27)14-34-19-8-7-12-31-23(25)15(2)29-24(19)31/h7-8,10-12H,4-6,9,13-14H2,1-3H3,(H,28,32). The minimum atomic E-state index is -0.289. The van der Waals surface area contributed by atoms with Gasteiger partial charge in [-0.25, -0.2) is 4.98 Å². The van der Waals surface area contributed by atoms with Crippen molar-refractivity contribution in [2.24, 2.45) is 0 Å². The van der Waals surface area contributed by atoms with Crippen molar-refractivity contribution in [3.05, 3.63) is 56.4 Å². The molecule has 3 aromatic rings. The maximum Gasteiger partial charge on any atom is 0.246 e. The second kappa shape index (κ2) is 11.9. The van der Waals surface area contributed by atoms with Crippen molar-refractivity contribution in [2.45, 2.75) is 46.1 Å². The molecular formula is C24H27BrCl2N4O3. The summed E-state index contributed by atoms with van der Waals surface area (Å²) in [7, 11) is 1.61. The second-order valence-corrected chi connectivity index (χ2v) is 9.42. The first-order valence-electron chi connectivity index (χ1n) is 11.0. The number of imidazole rings is 1. The van der Waals surface area contributed by atoms with Crippen molar-refractivity contribution >= 4 is 62.3 Å². The summed E-state index contributed by atoms with van der Waals surface area (Å²) in [6.45, 7) is 3.95. The number of amides is 2. The molecule has 0 aliphatic heterocycles. The summed E-state index contributed by atoms with van der Waals surface area (Å²) >= 11 is 16.6. The predicted octanol–water partition coefficient (Wildman–Crippen LogP) is 5.95. The molecule has 0 radical (unpaired) electrons. The van der Waals surface area contributed by atoms with Crippen LogP contribution in [0.25, 0.3) is 5.65 Å². The van der Waals surface area contributed by atoms with E-state index < -0.39 is 0 Å². The number of likely N-dealkylation sites (N-methyl/N-ethyl adjacent to an activating group) is 1. The molecule has 2 aromatic heterocycles. The Morgan fingerprint density at radius 1 is 1.24 bits per heavy atom. The third-order valence-corrected chi connectivity index (χ3v) is 7.16. The van der Waals surface area contributed by atoms with E-state index in [2.05, 4.69) is 33.2 Å². The van der Waals surface area contributed by atoms with Crippen LogP contribution in [0.5, 0.6) is 5.75 Å². The summed E-state index contributed by atoms with van der Waals surface area (Å²) in [6, 6.07) is 7.02. The van der Waals surface area contributed by atoms with Crippen molar-refractivity contribution in [3.8, 4) is 5.75 Å². The molecule has 3 rings (SSSR count). The Kier molecular flexibility index (Phi) is 9.22. The summed E-state index contributed by atoms with van der Waals surface area (Å²) in [4.78, 5) is 30.5. The molecule has 34 heavy (non-hydrogen) atoms. The number of hydrogen-bond acceptors (Lipinski definition) is 4. The highest BCUT2D eigenvalue weighted by Gasteiger charge is 2.20. The Morgan fingerprint density at radius 3 is 2.74 bits per heavy atom. The summed E-state index contributed by atoms with van der Waals surface area (Å²) < 4.78 is 8.76. The normalized spacial score (nSPS) is 11.0. The fraction of sp³-hybridized carbons (Fsp3) is 0.375. The lowest BCUT2D eigenvalue weighted by Crippen LogP contribution is -2.38. The summed E-state index contributed by atoms with van der Waals surface area (Å²) in [6.07, 6.45) is 5.12. The molecule has 1 N–H and O–H groups in total. The number of unbranched alkanes of at least 4 members (excludes halogenated alkanes) is 2. The molecule has 7 nitrogen and oxygen atoms in total.